The van der Waals surface area contributed by atoms with Crippen LogP contribution in [-0.2, 0) is 11.8 Å². The molecule has 0 aliphatic heterocycles. The Hall–Kier alpha value is -1.08. The number of amides is 1. The fourth-order valence-electron chi connectivity index (χ4n) is 0.780. The van der Waals surface area contributed by atoms with Crippen molar-refractivity contribution in [2.45, 2.75) is 5.16 Å². The highest BCUT2D eigenvalue weighted by Crippen LogP contribution is 2.12. The van der Waals surface area contributed by atoms with Crippen molar-refractivity contribution in [2.75, 3.05) is 18.9 Å². The zero-order valence-corrected chi connectivity index (χ0v) is 8.62. The van der Waals surface area contributed by atoms with Gasteiger partial charge in [0.2, 0.25) is 5.91 Å². The van der Waals surface area contributed by atoms with Gasteiger partial charge in [0.25, 0.3) is 0 Å². The third-order valence-corrected chi connectivity index (χ3v) is 2.47. The Morgan fingerprint density at radius 1 is 1.79 bits per heavy atom. The lowest BCUT2D eigenvalue weighted by atomic mass is 10.6. The molecule has 0 radical (unpaired) electrons. The van der Waals surface area contributed by atoms with Gasteiger partial charge in [0.15, 0.2) is 5.16 Å². The Morgan fingerprint density at radius 2 is 2.57 bits per heavy atom. The normalized spacial score (nSPS) is 10.1. The first-order valence-corrected chi connectivity index (χ1v) is 5.07. The molecule has 0 saturated carbocycles. The fourth-order valence-corrected chi connectivity index (χ4v) is 1.50. The van der Waals surface area contributed by atoms with Crippen molar-refractivity contribution < 1.29 is 9.90 Å². The summed E-state index contributed by atoms with van der Waals surface area (Å²) in [6, 6.07) is 0. The molecule has 0 bridgehead atoms. The molecule has 1 rings (SSSR count). The predicted molar refractivity (Wildman–Crippen MR) is 51.8 cm³/mol. The minimum atomic E-state index is -0.118. The second-order valence-corrected chi connectivity index (χ2v) is 3.53. The van der Waals surface area contributed by atoms with E-state index in [1.807, 2.05) is 7.05 Å². The van der Waals surface area contributed by atoms with Crippen LogP contribution in [0, 0.1) is 0 Å². The molecule has 7 heteroatoms. The van der Waals surface area contributed by atoms with Crippen LogP contribution in [0.3, 0.4) is 0 Å². The van der Waals surface area contributed by atoms with Gasteiger partial charge in [-0.3, -0.25) is 4.79 Å². The summed E-state index contributed by atoms with van der Waals surface area (Å²) in [7, 11) is 1.81. The van der Waals surface area contributed by atoms with Crippen LogP contribution in [0.4, 0.5) is 0 Å². The number of aromatic nitrogens is 3. The molecule has 1 amide bonds. The number of nitrogens with zero attached hydrogens (tertiary/aromatic N) is 3. The summed E-state index contributed by atoms with van der Waals surface area (Å²) in [5.41, 5.74) is 0. The molecular formula is C7H12N4O2S. The van der Waals surface area contributed by atoms with Crippen LogP contribution in [0.2, 0.25) is 0 Å². The second kappa shape index (κ2) is 5.61. The van der Waals surface area contributed by atoms with E-state index in [1.165, 1.54) is 11.8 Å². The van der Waals surface area contributed by atoms with Gasteiger partial charge >= 0.3 is 0 Å². The van der Waals surface area contributed by atoms with E-state index < -0.39 is 0 Å². The maximum absolute atomic E-state index is 11.1. The van der Waals surface area contributed by atoms with Crippen LogP contribution >= 0.6 is 11.8 Å². The Morgan fingerprint density at radius 3 is 3.14 bits per heavy atom. The molecule has 14 heavy (non-hydrogen) atoms. The average Bonchev–Trinajstić information content (AvgIpc) is 2.58. The summed E-state index contributed by atoms with van der Waals surface area (Å²) < 4.78 is 1.74. The summed E-state index contributed by atoms with van der Waals surface area (Å²) in [6.45, 7) is 0.249. The number of nitrogens with one attached hydrogen (secondary N) is 1. The van der Waals surface area contributed by atoms with Gasteiger partial charge in [-0.15, -0.1) is 10.2 Å². The van der Waals surface area contributed by atoms with E-state index in [2.05, 4.69) is 15.5 Å². The molecule has 2 N–H and O–H groups in total. The van der Waals surface area contributed by atoms with Crippen molar-refractivity contribution >= 4 is 17.7 Å². The minimum absolute atomic E-state index is 0.0413. The lowest BCUT2D eigenvalue weighted by Gasteiger charge is -2.01. The van der Waals surface area contributed by atoms with Gasteiger partial charge in [-0.25, -0.2) is 0 Å². The van der Waals surface area contributed by atoms with Crippen LogP contribution in [-0.4, -0.2) is 44.7 Å². The SMILES string of the molecule is Cn1cnnc1SCC(=O)NCCO. The van der Waals surface area contributed by atoms with Crippen molar-refractivity contribution in [3.8, 4) is 0 Å². The lowest BCUT2D eigenvalue weighted by Crippen LogP contribution is -2.27. The third kappa shape index (κ3) is 3.35. The number of thioether (sulfide) groups is 1. The van der Waals surface area contributed by atoms with E-state index in [0.717, 1.165) is 0 Å². The molecule has 0 aliphatic carbocycles. The quantitative estimate of drug-likeness (QED) is 0.618. The van der Waals surface area contributed by atoms with E-state index in [1.54, 1.807) is 10.9 Å². The Bertz CT molecular complexity index is 302. The van der Waals surface area contributed by atoms with E-state index in [0.29, 0.717) is 5.16 Å². The summed E-state index contributed by atoms with van der Waals surface area (Å²) in [4.78, 5) is 11.1. The molecule has 0 aromatic carbocycles. The van der Waals surface area contributed by atoms with Gasteiger partial charge in [0, 0.05) is 13.6 Å². The maximum atomic E-state index is 11.1. The molecule has 0 aliphatic rings. The van der Waals surface area contributed by atoms with Crippen LogP contribution in [0.1, 0.15) is 0 Å². The maximum Gasteiger partial charge on any atom is 0.230 e. The molecule has 0 spiro atoms. The molecule has 0 atom stereocenters. The first-order valence-electron chi connectivity index (χ1n) is 4.08. The highest BCUT2D eigenvalue weighted by atomic mass is 32.2. The third-order valence-electron chi connectivity index (χ3n) is 1.44. The largest absolute Gasteiger partial charge is 0.395 e. The number of aliphatic hydroxyl groups is 1. The van der Waals surface area contributed by atoms with E-state index >= 15 is 0 Å². The summed E-state index contributed by atoms with van der Waals surface area (Å²) in [6.07, 6.45) is 1.58. The smallest absolute Gasteiger partial charge is 0.230 e. The number of aryl methyl sites for hydroxylation is 1. The summed E-state index contributed by atoms with van der Waals surface area (Å²) in [5.74, 6) is 0.166. The van der Waals surface area contributed by atoms with Crippen LogP contribution in [0.25, 0.3) is 0 Å². The Kier molecular flexibility index (Phi) is 4.41. The summed E-state index contributed by atoms with van der Waals surface area (Å²) >= 11 is 1.31. The molecule has 0 saturated heterocycles. The zero-order chi connectivity index (χ0) is 10.4. The highest BCUT2D eigenvalue weighted by molar-refractivity contribution is 7.99. The average molecular weight is 216 g/mol. The Balaban J connectivity index is 2.27. The second-order valence-electron chi connectivity index (χ2n) is 2.59. The van der Waals surface area contributed by atoms with Crippen LogP contribution in [0.15, 0.2) is 11.5 Å². The molecule has 1 heterocycles. The topological polar surface area (TPSA) is 80.0 Å². The monoisotopic (exact) mass is 216 g/mol. The van der Waals surface area contributed by atoms with Gasteiger partial charge in [-0.2, -0.15) is 0 Å². The van der Waals surface area contributed by atoms with Gasteiger partial charge in [-0.1, -0.05) is 11.8 Å². The lowest BCUT2D eigenvalue weighted by molar-refractivity contribution is -0.118. The van der Waals surface area contributed by atoms with Gasteiger partial charge in [0.1, 0.15) is 6.33 Å². The number of carbonyl (C=O) groups is 1. The van der Waals surface area contributed by atoms with E-state index in [4.69, 9.17) is 5.11 Å². The predicted octanol–water partition coefficient (Wildman–Crippen LogP) is -0.984. The van der Waals surface area contributed by atoms with E-state index in [-0.39, 0.29) is 24.8 Å². The van der Waals surface area contributed by atoms with Crippen molar-refractivity contribution in [1.82, 2.24) is 20.1 Å². The van der Waals surface area contributed by atoms with Crippen LogP contribution < -0.4 is 5.32 Å². The number of rotatable bonds is 5. The molecule has 1 aromatic heterocycles. The van der Waals surface area contributed by atoms with Crippen LogP contribution in [0.5, 0.6) is 0 Å². The molecule has 1 aromatic rings. The molecule has 0 unspecified atom stereocenters. The number of aliphatic hydroxyl groups excluding tert-OH is 1. The van der Waals surface area contributed by atoms with Gasteiger partial charge < -0.3 is 15.0 Å². The number of carbonyl (C=O) groups excluding carboxylic acids is 1. The number of hydrogen-bond donors (Lipinski definition) is 2. The minimum Gasteiger partial charge on any atom is -0.395 e. The van der Waals surface area contributed by atoms with Crippen molar-refractivity contribution in [3.05, 3.63) is 6.33 Å². The van der Waals surface area contributed by atoms with E-state index in [9.17, 15) is 4.79 Å². The zero-order valence-electron chi connectivity index (χ0n) is 7.80. The van der Waals surface area contributed by atoms with Gasteiger partial charge in [-0.05, 0) is 0 Å². The van der Waals surface area contributed by atoms with Gasteiger partial charge in [0.05, 0.1) is 12.4 Å². The Labute approximate surface area is 85.7 Å². The van der Waals surface area contributed by atoms with Crippen molar-refractivity contribution in [2.24, 2.45) is 7.05 Å². The van der Waals surface area contributed by atoms with Crippen molar-refractivity contribution in [3.63, 3.8) is 0 Å². The first kappa shape index (κ1) is 11.0. The molecule has 0 fully saturated rings. The molecule has 6 nitrogen and oxygen atoms in total. The fraction of sp³-hybridized carbons (Fsp3) is 0.571. The molecular weight excluding hydrogens is 204 g/mol. The number of hydrogen-bond acceptors (Lipinski definition) is 5. The summed E-state index contributed by atoms with van der Waals surface area (Å²) in [5, 5.41) is 19.2. The van der Waals surface area contributed by atoms with Crippen molar-refractivity contribution in [1.29, 1.82) is 0 Å². The highest BCUT2D eigenvalue weighted by Gasteiger charge is 2.05. The molecule has 78 valence electrons. The standard InChI is InChI=1S/C7H12N4O2S/c1-11-5-9-10-7(11)14-4-6(13)8-2-3-12/h5,12H,2-4H2,1H3,(H,8,13). The first-order chi connectivity index (χ1) is 6.74.